The van der Waals surface area contributed by atoms with Crippen molar-refractivity contribution >= 4 is 5.97 Å². The zero-order valence-corrected chi connectivity index (χ0v) is 11.2. The first-order valence-corrected chi connectivity index (χ1v) is 6.56. The summed E-state index contributed by atoms with van der Waals surface area (Å²) < 4.78 is 10.6. The molecule has 1 aliphatic heterocycles. The lowest BCUT2D eigenvalue weighted by Gasteiger charge is -2.22. The number of rotatable bonds is 4. The Hall–Kier alpha value is -1.59. The Morgan fingerprint density at radius 2 is 2.32 bits per heavy atom. The monoisotopic (exact) mass is 264 g/mol. The number of benzene rings is 1. The standard InChI is InChI=1S/C14H20N2O3/c1-2-18-14(17)12(15)10-16-7-8-19-13-6-4-3-5-11(13)9-16/h3-6,12H,2,7-10,15H2,1H3. The predicted molar refractivity (Wildman–Crippen MR) is 71.8 cm³/mol. The first-order valence-electron chi connectivity index (χ1n) is 6.56. The van der Waals surface area contributed by atoms with Crippen LogP contribution in [0.25, 0.3) is 0 Å². The van der Waals surface area contributed by atoms with Crippen molar-refractivity contribution in [3.05, 3.63) is 29.8 Å². The lowest BCUT2D eigenvalue weighted by atomic mass is 10.2. The zero-order valence-electron chi connectivity index (χ0n) is 11.2. The molecule has 0 aliphatic carbocycles. The maximum atomic E-state index is 11.5. The summed E-state index contributed by atoms with van der Waals surface area (Å²) in [6.45, 7) is 4.72. The Morgan fingerprint density at radius 3 is 3.11 bits per heavy atom. The molecule has 0 saturated carbocycles. The minimum Gasteiger partial charge on any atom is -0.492 e. The number of carbonyl (C=O) groups excluding carboxylic acids is 1. The number of nitrogens with two attached hydrogens (primary N) is 1. The molecular formula is C14H20N2O3. The van der Waals surface area contributed by atoms with Gasteiger partial charge in [0.2, 0.25) is 0 Å². The van der Waals surface area contributed by atoms with Gasteiger partial charge in [0.25, 0.3) is 0 Å². The van der Waals surface area contributed by atoms with Crippen LogP contribution in [0.4, 0.5) is 0 Å². The lowest BCUT2D eigenvalue weighted by molar-refractivity contribution is -0.145. The van der Waals surface area contributed by atoms with Crippen LogP contribution in [0, 0.1) is 0 Å². The van der Waals surface area contributed by atoms with Gasteiger partial charge >= 0.3 is 5.97 Å². The molecule has 1 aromatic rings. The van der Waals surface area contributed by atoms with Crippen LogP contribution in [0.3, 0.4) is 0 Å². The van der Waals surface area contributed by atoms with Crippen LogP contribution in [-0.4, -0.2) is 43.2 Å². The highest BCUT2D eigenvalue weighted by molar-refractivity contribution is 5.75. The third kappa shape index (κ3) is 3.68. The van der Waals surface area contributed by atoms with Crippen LogP contribution in [0.5, 0.6) is 5.75 Å². The molecule has 1 aliphatic rings. The minimum atomic E-state index is -0.606. The van der Waals surface area contributed by atoms with Crippen molar-refractivity contribution in [2.24, 2.45) is 5.73 Å². The van der Waals surface area contributed by atoms with Gasteiger partial charge < -0.3 is 15.2 Å². The van der Waals surface area contributed by atoms with Gasteiger partial charge in [-0.3, -0.25) is 9.69 Å². The Kier molecular flexibility index (Phi) is 4.76. The first-order chi connectivity index (χ1) is 9.20. The Balaban J connectivity index is 1.97. The molecule has 2 rings (SSSR count). The molecule has 0 fully saturated rings. The summed E-state index contributed by atoms with van der Waals surface area (Å²) in [5.41, 5.74) is 6.97. The molecule has 1 unspecified atom stereocenters. The second-order valence-corrected chi connectivity index (χ2v) is 4.55. The Bertz CT molecular complexity index is 436. The van der Waals surface area contributed by atoms with Crippen LogP contribution in [0.15, 0.2) is 24.3 Å². The fourth-order valence-electron chi connectivity index (χ4n) is 2.14. The zero-order chi connectivity index (χ0) is 13.7. The Labute approximate surface area is 113 Å². The van der Waals surface area contributed by atoms with Crippen molar-refractivity contribution in [1.82, 2.24) is 4.90 Å². The summed E-state index contributed by atoms with van der Waals surface area (Å²) in [5.74, 6) is 0.565. The molecule has 0 saturated heterocycles. The van der Waals surface area contributed by atoms with Crippen LogP contribution in [0.2, 0.25) is 0 Å². The summed E-state index contributed by atoms with van der Waals surface area (Å²) in [6.07, 6.45) is 0. The van der Waals surface area contributed by atoms with Gasteiger partial charge in [-0.2, -0.15) is 0 Å². The van der Waals surface area contributed by atoms with E-state index in [0.29, 0.717) is 19.8 Å². The smallest absolute Gasteiger partial charge is 0.324 e. The number of hydrogen-bond donors (Lipinski definition) is 1. The van der Waals surface area contributed by atoms with Crippen LogP contribution in [-0.2, 0) is 16.1 Å². The molecule has 2 N–H and O–H groups in total. The fraction of sp³-hybridized carbons (Fsp3) is 0.500. The van der Waals surface area contributed by atoms with Gasteiger partial charge in [-0.25, -0.2) is 0 Å². The topological polar surface area (TPSA) is 64.8 Å². The van der Waals surface area contributed by atoms with Crippen molar-refractivity contribution in [3.8, 4) is 5.75 Å². The summed E-state index contributed by atoms with van der Waals surface area (Å²) in [5, 5.41) is 0. The van der Waals surface area contributed by atoms with Crippen molar-refractivity contribution in [1.29, 1.82) is 0 Å². The highest BCUT2D eigenvalue weighted by Crippen LogP contribution is 2.22. The van der Waals surface area contributed by atoms with Crippen molar-refractivity contribution in [3.63, 3.8) is 0 Å². The molecule has 5 nitrogen and oxygen atoms in total. The van der Waals surface area contributed by atoms with E-state index < -0.39 is 6.04 Å². The number of nitrogens with zero attached hydrogens (tertiary/aromatic N) is 1. The van der Waals surface area contributed by atoms with Gasteiger partial charge in [-0.05, 0) is 13.0 Å². The van der Waals surface area contributed by atoms with Crippen LogP contribution < -0.4 is 10.5 Å². The van der Waals surface area contributed by atoms with E-state index in [1.165, 1.54) is 0 Å². The quantitative estimate of drug-likeness (QED) is 0.814. The van der Waals surface area contributed by atoms with E-state index in [0.717, 1.165) is 24.4 Å². The third-order valence-electron chi connectivity index (χ3n) is 3.08. The number of esters is 1. The summed E-state index contributed by atoms with van der Waals surface area (Å²) in [6, 6.07) is 7.33. The lowest BCUT2D eigenvalue weighted by Crippen LogP contribution is -2.44. The molecule has 0 amide bonds. The van der Waals surface area contributed by atoms with E-state index >= 15 is 0 Å². The second-order valence-electron chi connectivity index (χ2n) is 4.55. The maximum absolute atomic E-state index is 11.5. The summed E-state index contributed by atoms with van der Waals surface area (Å²) >= 11 is 0. The number of fused-ring (bicyclic) bond motifs is 1. The van der Waals surface area contributed by atoms with Crippen molar-refractivity contribution in [2.75, 3.05) is 26.3 Å². The molecule has 19 heavy (non-hydrogen) atoms. The molecule has 5 heteroatoms. The maximum Gasteiger partial charge on any atom is 0.324 e. The van der Waals surface area contributed by atoms with Gasteiger partial charge in [-0.15, -0.1) is 0 Å². The molecule has 1 aromatic carbocycles. The molecule has 1 heterocycles. The average molecular weight is 264 g/mol. The van der Waals surface area contributed by atoms with Gasteiger partial charge in [0.1, 0.15) is 18.4 Å². The van der Waals surface area contributed by atoms with Crippen molar-refractivity contribution < 1.29 is 14.3 Å². The van der Waals surface area contributed by atoms with Gasteiger partial charge in [0, 0.05) is 25.2 Å². The predicted octanol–water partition coefficient (Wildman–Crippen LogP) is 0.771. The average Bonchev–Trinajstić information content (AvgIpc) is 2.60. The molecule has 0 aromatic heterocycles. The van der Waals surface area contributed by atoms with E-state index in [9.17, 15) is 4.79 Å². The number of ether oxygens (including phenoxy) is 2. The normalized spacial score (nSPS) is 16.9. The summed E-state index contributed by atoms with van der Waals surface area (Å²) in [4.78, 5) is 13.7. The second kappa shape index (κ2) is 6.54. The number of para-hydroxylation sites is 1. The van der Waals surface area contributed by atoms with E-state index in [4.69, 9.17) is 15.2 Å². The van der Waals surface area contributed by atoms with Gasteiger partial charge in [0.05, 0.1) is 6.61 Å². The van der Waals surface area contributed by atoms with E-state index in [-0.39, 0.29) is 5.97 Å². The highest BCUT2D eigenvalue weighted by Gasteiger charge is 2.21. The van der Waals surface area contributed by atoms with Crippen molar-refractivity contribution in [2.45, 2.75) is 19.5 Å². The highest BCUT2D eigenvalue weighted by atomic mass is 16.5. The molecular weight excluding hydrogens is 244 g/mol. The molecule has 0 spiro atoms. The third-order valence-corrected chi connectivity index (χ3v) is 3.08. The molecule has 104 valence electrons. The first kappa shape index (κ1) is 13.8. The fourth-order valence-corrected chi connectivity index (χ4v) is 2.14. The van der Waals surface area contributed by atoms with Crippen LogP contribution >= 0.6 is 0 Å². The SMILES string of the molecule is CCOC(=O)C(N)CN1CCOc2ccccc2C1. The number of hydrogen-bond acceptors (Lipinski definition) is 5. The van der Waals surface area contributed by atoms with Crippen LogP contribution in [0.1, 0.15) is 12.5 Å². The molecule has 1 atom stereocenters. The van der Waals surface area contributed by atoms with E-state index in [2.05, 4.69) is 4.90 Å². The van der Waals surface area contributed by atoms with Gasteiger partial charge in [0.15, 0.2) is 0 Å². The van der Waals surface area contributed by atoms with E-state index in [1.807, 2.05) is 24.3 Å². The number of carbonyl (C=O) groups is 1. The molecule has 0 bridgehead atoms. The minimum absolute atomic E-state index is 0.346. The largest absolute Gasteiger partial charge is 0.492 e. The van der Waals surface area contributed by atoms with Gasteiger partial charge in [-0.1, -0.05) is 18.2 Å². The molecule has 0 radical (unpaired) electrons. The Morgan fingerprint density at radius 1 is 1.53 bits per heavy atom. The summed E-state index contributed by atoms with van der Waals surface area (Å²) in [7, 11) is 0. The van der Waals surface area contributed by atoms with E-state index in [1.54, 1.807) is 6.92 Å².